The second-order valence-electron chi connectivity index (χ2n) is 8.86. The standard InChI is InChI=1S/C15H9N2.C12H14N3.Ir/c1-2-6-12-10(4-1)8-11-5-3-7-13-14(11)15(12)17-9-16-13;1-12(2,3)11-8-10(14-15-11)9-6-4-5-7-13-9;/h1-5,7,9H,8H2;4-8H,1-3H3;/q2*-1;. The van der Waals surface area contributed by atoms with Crippen molar-refractivity contribution >= 4 is 10.9 Å². The molecule has 6 heteroatoms. The Kier molecular flexibility index (Phi) is 6.50. The molecule has 0 unspecified atom stereocenters. The molecule has 5 aromatic rings. The van der Waals surface area contributed by atoms with Gasteiger partial charge in [-0.15, -0.1) is 35.4 Å². The van der Waals surface area contributed by atoms with Gasteiger partial charge in [-0.25, -0.2) is 4.98 Å². The number of rotatable bonds is 1. The SMILES string of the molecule is CC(C)(C)c1cc(-c2ccccn2)[n-]n1.[Ir].[c-]1cccc2c1-c1ncnc3cccc(c13)C2. The molecule has 0 bridgehead atoms. The van der Waals surface area contributed by atoms with Gasteiger partial charge in [0.1, 0.15) is 6.33 Å². The molecule has 0 fully saturated rings. The third-order valence-corrected chi connectivity index (χ3v) is 5.54. The summed E-state index contributed by atoms with van der Waals surface area (Å²) in [6, 6.07) is 23.5. The van der Waals surface area contributed by atoms with Crippen LogP contribution in [-0.4, -0.2) is 20.1 Å². The monoisotopic (exact) mass is 610 g/mol. The fraction of sp³-hybridized carbons (Fsp3) is 0.185. The first-order valence-corrected chi connectivity index (χ1v) is 10.7. The summed E-state index contributed by atoms with van der Waals surface area (Å²) in [4.78, 5) is 13.0. The van der Waals surface area contributed by atoms with Crippen LogP contribution in [0.2, 0.25) is 0 Å². The summed E-state index contributed by atoms with van der Waals surface area (Å²) in [6.07, 6.45) is 4.35. The Morgan fingerprint density at radius 3 is 2.52 bits per heavy atom. The van der Waals surface area contributed by atoms with E-state index < -0.39 is 0 Å². The minimum absolute atomic E-state index is 0. The van der Waals surface area contributed by atoms with E-state index in [1.807, 2.05) is 42.5 Å². The van der Waals surface area contributed by atoms with Crippen molar-refractivity contribution < 1.29 is 20.1 Å². The molecule has 0 atom stereocenters. The minimum Gasteiger partial charge on any atom is -0.573 e. The molecule has 0 saturated heterocycles. The van der Waals surface area contributed by atoms with Crippen LogP contribution in [0, 0.1) is 6.07 Å². The summed E-state index contributed by atoms with van der Waals surface area (Å²) in [6.45, 7) is 6.37. The van der Waals surface area contributed by atoms with Gasteiger partial charge in [0.2, 0.25) is 0 Å². The van der Waals surface area contributed by atoms with Crippen LogP contribution >= 0.6 is 0 Å². The predicted molar refractivity (Wildman–Crippen MR) is 126 cm³/mol. The smallest absolute Gasteiger partial charge is 0.106 e. The van der Waals surface area contributed by atoms with Crippen molar-refractivity contribution in [1.82, 2.24) is 25.1 Å². The third-order valence-electron chi connectivity index (χ3n) is 5.54. The van der Waals surface area contributed by atoms with Gasteiger partial charge in [0, 0.05) is 43.1 Å². The third kappa shape index (κ3) is 4.63. The van der Waals surface area contributed by atoms with Crippen molar-refractivity contribution in [1.29, 1.82) is 0 Å². The number of pyridine rings is 1. The van der Waals surface area contributed by atoms with Crippen LogP contribution in [0.3, 0.4) is 0 Å². The van der Waals surface area contributed by atoms with E-state index in [4.69, 9.17) is 0 Å². The Hall–Kier alpha value is -3.21. The van der Waals surface area contributed by atoms with Gasteiger partial charge in [-0.05, 0) is 35.7 Å². The predicted octanol–water partition coefficient (Wildman–Crippen LogP) is 5.40. The van der Waals surface area contributed by atoms with E-state index in [-0.39, 0.29) is 25.5 Å². The second kappa shape index (κ2) is 9.34. The fourth-order valence-electron chi connectivity index (χ4n) is 3.86. The van der Waals surface area contributed by atoms with Gasteiger partial charge in [-0.3, -0.25) is 9.97 Å². The molecule has 3 heterocycles. The van der Waals surface area contributed by atoms with E-state index in [1.54, 1.807) is 12.5 Å². The second-order valence-corrected chi connectivity index (χ2v) is 8.86. The van der Waals surface area contributed by atoms with Crippen molar-refractivity contribution in [2.75, 3.05) is 0 Å². The van der Waals surface area contributed by atoms with Crippen molar-refractivity contribution in [3.63, 3.8) is 0 Å². The van der Waals surface area contributed by atoms with Gasteiger partial charge in [0.25, 0.3) is 0 Å². The summed E-state index contributed by atoms with van der Waals surface area (Å²) in [5.41, 5.74) is 8.54. The number of benzene rings is 2. The van der Waals surface area contributed by atoms with Crippen molar-refractivity contribution in [3.8, 4) is 22.6 Å². The maximum atomic E-state index is 4.44. The summed E-state index contributed by atoms with van der Waals surface area (Å²) in [7, 11) is 0. The Morgan fingerprint density at radius 1 is 0.909 bits per heavy atom. The van der Waals surface area contributed by atoms with Crippen LogP contribution in [0.15, 0.2) is 73.2 Å². The number of fused-ring (bicyclic) bond motifs is 2. The fourth-order valence-corrected chi connectivity index (χ4v) is 3.86. The first-order valence-electron chi connectivity index (χ1n) is 10.7. The normalized spacial score (nSPS) is 11.7. The molecular weight excluding hydrogens is 587 g/mol. The van der Waals surface area contributed by atoms with Crippen LogP contribution in [0.5, 0.6) is 0 Å². The van der Waals surface area contributed by atoms with Gasteiger partial charge in [0.05, 0.1) is 5.52 Å². The van der Waals surface area contributed by atoms with E-state index in [1.165, 1.54) is 16.5 Å². The van der Waals surface area contributed by atoms with Crippen LogP contribution < -0.4 is 5.10 Å². The van der Waals surface area contributed by atoms with Crippen molar-refractivity contribution in [2.24, 2.45) is 0 Å². The summed E-state index contributed by atoms with van der Waals surface area (Å²) in [5.74, 6) is 0. The topological polar surface area (TPSA) is 65.7 Å². The molecular formula is C27H23IrN5-2. The molecule has 0 amide bonds. The molecule has 3 aromatic heterocycles. The molecule has 2 aromatic carbocycles. The van der Waals surface area contributed by atoms with Crippen LogP contribution in [0.1, 0.15) is 37.6 Å². The number of aromatic nitrogens is 5. The minimum atomic E-state index is 0. The zero-order chi connectivity index (χ0) is 22.1. The zero-order valence-corrected chi connectivity index (χ0v) is 21.1. The van der Waals surface area contributed by atoms with Gasteiger partial charge in [-0.2, -0.15) is 0 Å². The molecule has 5 nitrogen and oxygen atoms in total. The Balaban J connectivity index is 0.000000154. The molecule has 6 rings (SSSR count). The molecule has 167 valence electrons. The van der Waals surface area contributed by atoms with E-state index in [2.05, 4.69) is 70.2 Å². The van der Waals surface area contributed by atoms with Crippen molar-refractivity contribution in [3.05, 3.63) is 96.1 Å². The summed E-state index contributed by atoms with van der Waals surface area (Å²) in [5, 5.41) is 9.50. The quantitative estimate of drug-likeness (QED) is 0.234. The van der Waals surface area contributed by atoms with E-state index >= 15 is 0 Å². The van der Waals surface area contributed by atoms with E-state index in [0.717, 1.165) is 40.3 Å². The zero-order valence-electron chi connectivity index (χ0n) is 18.7. The summed E-state index contributed by atoms with van der Waals surface area (Å²) < 4.78 is 0. The van der Waals surface area contributed by atoms with E-state index in [0.29, 0.717) is 0 Å². The average Bonchev–Trinajstić information content (AvgIpc) is 3.32. The maximum absolute atomic E-state index is 4.44. The van der Waals surface area contributed by atoms with Crippen molar-refractivity contribution in [2.45, 2.75) is 32.6 Å². The summed E-state index contributed by atoms with van der Waals surface area (Å²) >= 11 is 0. The van der Waals surface area contributed by atoms with Gasteiger partial charge in [0.15, 0.2) is 0 Å². The Bertz CT molecular complexity index is 1380. The molecule has 33 heavy (non-hydrogen) atoms. The van der Waals surface area contributed by atoms with Crippen LogP contribution in [-0.2, 0) is 31.9 Å². The molecule has 1 aliphatic rings. The molecule has 0 saturated carbocycles. The average molecular weight is 610 g/mol. The van der Waals surface area contributed by atoms with Crippen LogP contribution in [0.4, 0.5) is 0 Å². The van der Waals surface area contributed by atoms with E-state index in [9.17, 15) is 0 Å². The Morgan fingerprint density at radius 2 is 1.76 bits per heavy atom. The number of nitrogens with zero attached hydrogens (tertiary/aromatic N) is 5. The number of hydrogen-bond donors (Lipinski definition) is 0. The Labute approximate surface area is 207 Å². The molecule has 0 spiro atoms. The first-order chi connectivity index (χ1) is 15.5. The van der Waals surface area contributed by atoms with Gasteiger partial charge < -0.3 is 10.2 Å². The van der Waals surface area contributed by atoms with Gasteiger partial charge in [-0.1, -0.05) is 56.3 Å². The number of hydrogen-bond acceptors (Lipinski definition) is 4. The molecule has 0 N–H and O–H groups in total. The van der Waals surface area contributed by atoms with Crippen LogP contribution in [0.25, 0.3) is 33.5 Å². The molecule has 1 radical (unpaired) electrons. The largest absolute Gasteiger partial charge is 0.573 e. The molecule has 1 aliphatic carbocycles. The molecule has 0 aliphatic heterocycles. The first kappa shape index (κ1) is 23.0. The maximum Gasteiger partial charge on any atom is 0.106 e. The van der Waals surface area contributed by atoms with Gasteiger partial charge >= 0.3 is 0 Å².